The Morgan fingerprint density at radius 2 is 1.73 bits per heavy atom. The van der Waals surface area contributed by atoms with Gasteiger partial charge < -0.3 is 16.2 Å². The van der Waals surface area contributed by atoms with Crippen LogP contribution >= 0.6 is 0 Å². The van der Waals surface area contributed by atoms with Crippen molar-refractivity contribution in [3.63, 3.8) is 0 Å². The lowest BCUT2D eigenvalue weighted by molar-refractivity contribution is -0.143. The molecule has 4 N–H and O–H groups in total. The summed E-state index contributed by atoms with van der Waals surface area (Å²) in [4.78, 5) is 34.5. The van der Waals surface area contributed by atoms with E-state index in [-0.39, 0.29) is 17.7 Å². The molecule has 0 bridgehead atoms. The first kappa shape index (κ1) is 16.0. The van der Waals surface area contributed by atoms with E-state index in [9.17, 15) is 14.4 Å². The number of amides is 2. The molecule has 0 heterocycles. The molecule has 0 unspecified atom stereocenters. The molecule has 6 heteroatoms. The maximum absolute atomic E-state index is 12.2. The zero-order chi connectivity index (χ0) is 16.3. The van der Waals surface area contributed by atoms with Crippen molar-refractivity contribution in [3.8, 4) is 0 Å². The van der Waals surface area contributed by atoms with E-state index in [1.807, 2.05) is 0 Å². The van der Waals surface area contributed by atoms with Gasteiger partial charge in [0.05, 0.1) is 5.92 Å². The molecule has 2 rings (SSSR count). The van der Waals surface area contributed by atoms with Crippen molar-refractivity contribution < 1.29 is 19.5 Å². The van der Waals surface area contributed by atoms with Crippen LogP contribution in [0.3, 0.4) is 0 Å². The zero-order valence-corrected chi connectivity index (χ0v) is 12.5. The van der Waals surface area contributed by atoms with Crippen LogP contribution in [0.25, 0.3) is 0 Å². The minimum Gasteiger partial charge on any atom is -0.481 e. The predicted octanol–water partition coefficient (Wildman–Crippen LogP) is 1.92. The van der Waals surface area contributed by atoms with Crippen molar-refractivity contribution in [2.45, 2.75) is 32.6 Å². The van der Waals surface area contributed by atoms with E-state index >= 15 is 0 Å². The third-order valence-electron chi connectivity index (χ3n) is 4.22. The van der Waals surface area contributed by atoms with E-state index in [0.29, 0.717) is 36.9 Å². The predicted molar refractivity (Wildman–Crippen MR) is 81.4 cm³/mol. The van der Waals surface area contributed by atoms with Crippen molar-refractivity contribution in [2.75, 3.05) is 5.32 Å². The van der Waals surface area contributed by atoms with Gasteiger partial charge >= 0.3 is 5.97 Å². The van der Waals surface area contributed by atoms with Crippen LogP contribution in [0.15, 0.2) is 18.2 Å². The summed E-state index contributed by atoms with van der Waals surface area (Å²) in [5, 5.41) is 11.7. The molecule has 0 aromatic heterocycles. The summed E-state index contributed by atoms with van der Waals surface area (Å²) in [6.07, 6.45) is 2.18. The molecule has 6 nitrogen and oxygen atoms in total. The Kier molecular flexibility index (Phi) is 4.80. The van der Waals surface area contributed by atoms with Crippen LogP contribution in [0.5, 0.6) is 0 Å². The van der Waals surface area contributed by atoms with Gasteiger partial charge in [-0.15, -0.1) is 0 Å². The number of carbonyl (C=O) groups is 3. The lowest BCUT2D eigenvalue weighted by atomic mass is 9.81. The molecule has 22 heavy (non-hydrogen) atoms. The lowest BCUT2D eigenvalue weighted by Gasteiger charge is -2.25. The average Bonchev–Trinajstić information content (AvgIpc) is 2.49. The van der Waals surface area contributed by atoms with Gasteiger partial charge in [-0.1, -0.05) is 6.07 Å². The Morgan fingerprint density at radius 1 is 1.14 bits per heavy atom. The summed E-state index contributed by atoms with van der Waals surface area (Å²) in [7, 11) is 0. The van der Waals surface area contributed by atoms with Crippen molar-refractivity contribution in [1.82, 2.24) is 0 Å². The molecular weight excluding hydrogens is 284 g/mol. The zero-order valence-electron chi connectivity index (χ0n) is 12.5. The maximum Gasteiger partial charge on any atom is 0.306 e. The number of benzene rings is 1. The van der Waals surface area contributed by atoms with Crippen molar-refractivity contribution in [3.05, 3.63) is 29.3 Å². The fourth-order valence-electron chi connectivity index (χ4n) is 2.81. The molecule has 1 aliphatic rings. The molecule has 2 amide bonds. The molecule has 0 atom stereocenters. The van der Waals surface area contributed by atoms with Gasteiger partial charge in [-0.05, 0) is 50.3 Å². The molecular formula is C16H20N2O4. The average molecular weight is 304 g/mol. The van der Waals surface area contributed by atoms with Crippen molar-refractivity contribution >= 4 is 23.5 Å². The third kappa shape index (κ3) is 3.63. The Bertz CT molecular complexity index is 604. The van der Waals surface area contributed by atoms with Gasteiger partial charge in [0.1, 0.15) is 0 Å². The summed E-state index contributed by atoms with van der Waals surface area (Å²) in [5.41, 5.74) is 6.96. The van der Waals surface area contributed by atoms with Crippen LogP contribution in [-0.4, -0.2) is 22.9 Å². The molecule has 1 aliphatic carbocycles. The van der Waals surface area contributed by atoms with Gasteiger partial charge in [-0.3, -0.25) is 14.4 Å². The van der Waals surface area contributed by atoms with Crippen molar-refractivity contribution in [2.24, 2.45) is 17.6 Å². The third-order valence-corrected chi connectivity index (χ3v) is 4.22. The Morgan fingerprint density at radius 3 is 2.27 bits per heavy atom. The van der Waals surface area contributed by atoms with Gasteiger partial charge in [0.25, 0.3) is 0 Å². The highest BCUT2D eigenvalue weighted by atomic mass is 16.4. The van der Waals surface area contributed by atoms with Crippen LogP contribution in [-0.2, 0) is 9.59 Å². The van der Waals surface area contributed by atoms with Gasteiger partial charge in [0.15, 0.2) is 0 Å². The second-order valence-electron chi connectivity index (χ2n) is 5.77. The monoisotopic (exact) mass is 304 g/mol. The Labute approximate surface area is 128 Å². The quantitative estimate of drug-likeness (QED) is 0.789. The minimum atomic E-state index is -0.788. The van der Waals surface area contributed by atoms with Crippen LogP contribution in [0.4, 0.5) is 5.69 Å². The first-order valence-electron chi connectivity index (χ1n) is 7.32. The molecule has 1 fully saturated rings. The Balaban J connectivity index is 2.00. The first-order chi connectivity index (χ1) is 10.4. The number of hydrogen-bond donors (Lipinski definition) is 3. The number of carboxylic acid groups (broad SMARTS) is 1. The highest BCUT2D eigenvalue weighted by Gasteiger charge is 2.29. The highest BCUT2D eigenvalue weighted by molar-refractivity contribution is 5.98. The van der Waals surface area contributed by atoms with Gasteiger partial charge in [0.2, 0.25) is 11.8 Å². The van der Waals surface area contributed by atoms with E-state index in [1.165, 1.54) is 0 Å². The normalized spacial score (nSPS) is 21.1. The lowest BCUT2D eigenvalue weighted by Crippen LogP contribution is -2.29. The molecule has 1 aromatic carbocycles. The Hall–Kier alpha value is -2.37. The van der Waals surface area contributed by atoms with Crippen LogP contribution < -0.4 is 11.1 Å². The number of primary amides is 1. The number of hydrogen-bond acceptors (Lipinski definition) is 3. The summed E-state index contributed by atoms with van der Waals surface area (Å²) in [6.45, 7) is 1.78. The first-order valence-corrected chi connectivity index (χ1v) is 7.32. The molecule has 1 saturated carbocycles. The number of aryl methyl sites for hydroxylation is 1. The molecule has 0 spiro atoms. The van der Waals surface area contributed by atoms with Crippen LogP contribution in [0.1, 0.15) is 41.6 Å². The van der Waals surface area contributed by atoms with Crippen LogP contribution in [0, 0.1) is 18.8 Å². The summed E-state index contributed by atoms with van der Waals surface area (Å²) in [5.74, 6) is -1.99. The van der Waals surface area contributed by atoms with Gasteiger partial charge in [0, 0.05) is 17.2 Å². The minimum absolute atomic E-state index is 0.136. The molecule has 0 radical (unpaired) electrons. The number of nitrogens with two attached hydrogens (primary N) is 1. The topological polar surface area (TPSA) is 109 Å². The van der Waals surface area contributed by atoms with E-state index in [0.717, 1.165) is 5.56 Å². The second kappa shape index (κ2) is 6.60. The largest absolute Gasteiger partial charge is 0.481 e. The van der Waals surface area contributed by atoms with Crippen LogP contribution in [0.2, 0.25) is 0 Å². The molecule has 1 aromatic rings. The molecule has 0 saturated heterocycles. The molecule has 118 valence electrons. The number of carbonyl (C=O) groups excluding carboxylic acids is 2. The van der Waals surface area contributed by atoms with E-state index in [2.05, 4.69) is 5.32 Å². The SMILES string of the molecule is Cc1ccc(NC(=O)C2CCC(C(=O)O)CC2)cc1C(N)=O. The van der Waals surface area contributed by atoms with E-state index in [4.69, 9.17) is 10.8 Å². The number of nitrogens with one attached hydrogen (secondary N) is 1. The number of anilines is 1. The number of carboxylic acids is 1. The molecule has 0 aliphatic heterocycles. The fourth-order valence-corrected chi connectivity index (χ4v) is 2.81. The van der Waals surface area contributed by atoms with E-state index in [1.54, 1.807) is 25.1 Å². The van der Waals surface area contributed by atoms with Gasteiger partial charge in [-0.25, -0.2) is 0 Å². The summed E-state index contributed by atoms with van der Waals surface area (Å²) >= 11 is 0. The number of rotatable bonds is 4. The van der Waals surface area contributed by atoms with Gasteiger partial charge in [-0.2, -0.15) is 0 Å². The van der Waals surface area contributed by atoms with Crippen molar-refractivity contribution in [1.29, 1.82) is 0 Å². The summed E-state index contributed by atoms with van der Waals surface area (Å²) in [6, 6.07) is 5.03. The van der Waals surface area contributed by atoms with E-state index < -0.39 is 11.9 Å². The number of aliphatic carboxylic acids is 1. The maximum atomic E-state index is 12.2. The highest BCUT2D eigenvalue weighted by Crippen LogP contribution is 2.30. The standard InChI is InChI=1S/C16H20N2O4/c1-9-2-7-12(8-13(9)14(17)19)18-15(20)10-3-5-11(6-4-10)16(21)22/h2,7-8,10-11H,3-6H2,1H3,(H2,17,19)(H,18,20)(H,21,22). The second-order valence-corrected chi connectivity index (χ2v) is 5.77. The fraction of sp³-hybridized carbons (Fsp3) is 0.438. The summed E-state index contributed by atoms with van der Waals surface area (Å²) < 4.78 is 0. The smallest absolute Gasteiger partial charge is 0.306 e.